The van der Waals surface area contributed by atoms with Gasteiger partial charge < -0.3 is 20.9 Å². The molecule has 0 saturated carbocycles. The van der Waals surface area contributed by atoms with Crippen LogP contribution in [-0.4, -0.2) is 30.2 Å². The van der Waals surface area contributed by atoms with Crippen molar-refractivity contribution < 1.29 is 14.6 Å². The Morgan fingerprint density at radius 3 is 2.70 bits per heavy atom. The number of nitrogens with one attached hydrogen (secondary N) is 1. The fourth-order valence-electron chi connectivity index (χ4n) is 1.66. The molecule has 0 spiro atoms. The molecule has 0 saturated heterocycles. The van der Waals surface area contributed by atoms with Crippen molar-refractivity contribution >= 4 is 5.91 Å². The van der Waals surface area contributed by atoms with Gasteiger partial charge in [-0.1, -0.05) is 19.1 Å². The van der Waals surface area contributed by atoms with Gasteiger partial charge in [0.05, 0.1) is 12.2 Å². The molecule has 1 rings (SSSR count). The Bertz CT molecular complexity index is 435. The van der Waals surface area contributed by atoms with E-state index in [-0.39, 0.29) is 24.5 Å². The van der Waals surface area contributed by atoms with E-state index in [4.69, 9.17) is 10.5 Å². The molecule has 0 aliphatic carbocycles. The molecule has 20 heavy (non-hydrogen) atoms. The maximum absolute atomic E-state index is 11.6. The van der Waals surface area contributed by atoms with E-state index in [2.05, 4.69) is 5.32 Å². The average molecular weight is 280 g/mol. The normalized spacial score (nSPS) is 13.9. The minimum Gasteiger partial charge on any atom is -0.491 e. The van der Waals surface area contributed by atoms with Crippen LogP contribution in [0.15, 0.2) is 24.3 Å². The lowest BCUT2D eigenvalue weighted by atomic mass is 10.1. The highest BCUT2D eigenvalue weighted by Crippen LogP contribution is 2.19. The van der Waals surface area contributed by atoms with Gasteiger partial charge in [0.25, 0.3) is 0 Å². The van der Waals surface area contributed by atoms with E-state index in [9.17, 15) is 9.90 Å². The van der Waals surface area contributed by atoms with E-state index in [1.54, 1.807) is 19.1 Å². The fraction of sp³-hybridized carbons (Fsp3) is 0.533. The van der Waals surface area contributed by atoms with Crippen LogP contribution in [0.5, 0.6) is 5.75 Å². The van der Waals surface area contributed by atoms with E-state index < -0.39 is 6.10 Å². The van der Waals surface area contributed by atoms with Crippen molar-refractivity contribution in [3.8, 4) is 5.75 Å². The molecule has 0 heterocycles. The average Bonchev–Trinajstić information content (AvgIpc) is 2.43. The molecule has 112 valence electrons. The monoisotopic (exact) mass is 280 g/mol. The van der Waals surface area contributed by atoms with Crippen molar-refractivity contribution in [3.05, 3.63) is 29.8 Å². The summed E-state index contributed by atoms with van der Waals surface area (Å²) in [4.78, 5) is 11.6. The quantitative estimate of drug-likeness (QED) is 0.701. The second-order valence-electron chi connectivity index (χ2n) is 5.14. The van der Waals surface area contributed by atoms with Gasteiger partial charge in [0, 0.05) is 19.0 Å². The molecule has 5 heteroatoms. The van der Waals surface area contributed by atoms with Crippen molar-refractivity contribution in [2.45, 2.75) is 33.0 Å². The van der Waals surface area contributed by atoms with Crippen LogP contribution in [0.1, 0.15) is 32.4 Å². The minimum atomic E-state index is -0.764. The summed E-state index contributed by atoms with van der Waals surface area (Å²) >= 11 is 0. The van der Waals surface area contributed by atoms with Crippen LogP contribution in [0, 0.1) is 5.92 Å². The summed E-state index contributed by atoms with van der Waals surface area (Å²) in [5.41, 5.74) is 6.13. The summed E-state index contributed by atoms with van der Waals surface area (Å²) in [6.45, 7) is 6.09. The zero-order valence-corrected chi connectivity index (χ0v) is 12.3. The Morgan fingerprint density at radius 2 is 2.10 bits per heavy atom. The molecular weight excluding hydrogens is 256 g/mol. The number of carbonyl (C=O) groups is 1. The molecule has 0 aliphatic heterocycles. The summed E-state index contributed by atoms with van der Waals surface area (Å²) < 4.78 is 5.57. The SMILES string of the molecule is CC(C)Oc1cccc(C(O)CNC(=O)C(C)CN)c1. The lowest BCUT2D eigenvalue weighted by molar-refractivity contribution is -0.124. The summed E-state index contributed by atoms with van der Waals surface area (Å²) in [5.74, 6) is 0.303. The van der Waals surface area contributed by atoms with Crippen LogP contribution in [0.4, 0.5) is 0 Å². The highest BCUT2D eigenvalue weighted by atomic mass is 16.5. The fourth-order valence-corrected chi connectivity index (χ4v) is 1.66. The van der Waals surface area contributed by atoms with Gasteiger partial charge in [0.2, 0.25) is 5.91 Å². The molecular formula is C15H24N2O3. The Labute approximate surface area is 120 Å². The number of carbonyl (C=O) groups excluding carboxylic acids is 1. The van der Waals surface area contributed by atoms with E-state index >= 15 is 0 Å². The van der Waals surface area contributed by atoms with Gasteiger partial charge >= 0.3 is 0 Å². The van der Waals surface area contributed by atoms with Crippen LogP contribution >= 0.6 is 0 Å². The first-order chi connectivity index (χ1) is 9.43. The minimum absolute atomic E-state index is 0.0764. The van der Waals surface area contributed by atoms with Crippen LogP contribution < -0.4 is 15.8 Å². The standard InChI is InChI=1S/C15H24N2O3/c1-10(2)20-13-6-4-5-12(7-13)14(18)9-17-15(19)11(3)8-16/h4-7,10-11,14,18H,8-9,16H2,1-3H3,(H,17,19). The number of rotatable bonds is 7. The highest BCUT2D eigenvalue weighted by molar-refractivity contribution is 5.78. The molecule has 0 fully saturated rings. The third-order valence-corrected chi connectivity index (χ3v) is 2.89. The number of hydrogen-bond acceptors (Lipinski definition) is 4. The predicted octanol–water partition coefficient (Wildman–Crippen LogP) is 1.22. The largest absolute Gasteiger partial charge is 0.491 e. The third-order valence-electron chi connectivity index (χ3n) is 2.89. The number of ether oxygens (including phenoxy) is 1. The van der Waals surface area contributed by atoms with E-state index in [0.717, 1.165) is 0 Å². The van der Waals surface area contributed by atoms with E-state index in [1.165, 1.54) is 0 Å². The van der Waals surface area contributed by atoms with Gasteiger partial charge in [-0.25, -0.2) is 0 Å². The second kappa shape index (κ2) is 7.87. The Balaban J connectivity index is 2.59. The van der Waals surface area contributed by atoms with Crippen molar-refractivity contribution in [2.24, 2.45) is 11.7 Å². The molecule has 2 atom stereocenters. The summed E-state index contributed by atoms with van der Waals surface area (Å²) in [7, 11) is 0. The Morgan fingerprint density at radius 1 is 1.40 bits per heavy atom. The molecule has 0 radical (unpaired) electrons. The van der Waals surface area contributed by atoms with E-state index in [0.29, 0.717) is 17.9 Å². The molecule has 4 N–H and O–H groups in total. The van der Waals surface area contributed by atoms with Gasteiger partial charge in [-0.2, -0.15) is 0 Å². The first-order valence-electron chi connectivity index (χ1n) is 6.86. The predicted molar refractivity (Wildman–Crippen MR) is 78.4 cm³/mol. The van der Waals surface area contributed by atoms with Gasteiger partial charge in [-0.05, 0) is 31.5 Å². The van der Waals surface area contributed by atoms with Crippen molar-refractivity contribution in [1.82, 2.24) is 5.32 Å². The van der Waals surface area contributed by atoms with Crippen molar-refractivity contribution in [3.63, 3.8) is 0 Å². The molecule has 0 bridgehead atoms. The highest BCUT2D eigenvalue weighted by Gasteiger charge is 2.14. The van der Waals surface area contributed by atoms with Crippen LogP contribution in [0.25, 0.3) is 0 Å². The molecule has 0 aromatic heterocycles. The molecule has 2 unspecified atom stereocenters. The number of amides is 1. The Kier molecular flexibility index (Phi) is 6.48. The summed E-state index contributed by atoms with van der Waals surface area (Å²) in [6, 6.07) is 7.24. The molecule has 5 nitrogen and oxygen atoms in total. The molecule has 1 aromatic rings. The van der Waals surface area contributed by atoms with Crippen molar-refractivity contribution in [1.29, 1.82) is 0 Å². The molecule has 1 aromatic carbocycles. The lowest BCUT2D eigenvalue weighted by Crippen LogP contribution is -2.35. The lowest BCUT2D eigenvalue weighted by Gasteiger charge is -2.16. The Hall–Kier alpha value is -1.59. The van der Waals surface area contributed by atoms with Crippen LogP contribution in [0.2, 0.25) is 0 Å². The topological polar surface area (TPSA) is 84.6 Å². The number of aliphatic hydroxyl groups excluding tert-OH is 1. The van der Waals surface area contributed by atoms with Crippen LogP contribution in [-0.2, 0) is 4.79 Å². The number of hydrogen-bond donors (Lipinski definition) is 3. The first-order valence-corrected chi connectivity index (χ1v) is 6.86. The maximum Gasteiger partial charge on any atom is 0.224 e. The van der Waals surface area contributed by atoms with Crippen molar-refractivity contribution in [2.75, 3.05) is 13.1 Å². The van der Waals surface area contributed by atoms with Crippen LogP contribution in [0.3, 0.4) is 0 Å². The smallest absolute Gasteiger partial charge is 0.224 e. The van der Waals surface area contributed by atoms with Gasteiger partial charge in [-0.15, -0.1) is 0 Å². The summed E-state index contributed by atoms with van der Waals surface area (Å²) in [6.07, 6.45) is -0.688. The van der Waals surface area contributed by atoms with Gasteiger partial charge in [-0.3, -0.25) is 4.79 Å². The zero-order chi connectivity index (χ0) is 15.1. The molecule has 1 amide bonds. The first kappa shape index (κ1) is 16.5. The zero-order valence-electron chi connectivity index (χ0n) is 12.3. The summed E-state index contributed by atoms with van der Waals surface area (Å²) in [5, 5.41) is 12.8. The van der Waals surface area contributed by atoms with Gasteiger partial charge in [0.15, 0.2) is 0 Å². The second-order valence-corrected chi connectivity index (χ2v) is 5.14. The molecule has 0 aliphatic rings. The number of nitrogens with two attached hydrogens (primary N) is 1. The maximum atomic E-state index is 11.6. The third kappa shape index (κ3) is 5.19. The van der Waals surface area contributed by atoms with Gasteiger partial charge in [0.1, 0.15) is 5.75 Å². The number of aliphatic hydroxyl groups is 1. The van der Waals surface area contributed by atoms with E-state index in [1.807, 2.05) is 26.0 Å². The number of benzene rings is 1.